The van der Waals surface area contributed by atoms with Crippen molar-refractivity contribution in [1.29, 1.82) is 0 Å². The molecule has 1 heterocycles. The van der Waals surface area contributed by atoms with Gasteiger partial charge in [0.1, 0.15) is 0 Å². The van der Waals surface area contributed by atoms with Gasteiger partial charge < -0.3 is 10.1 Å². The molecule has 32 heavy (non-hydrogen) atoms. The first kappa shape index (κ1) is 22.0. The number of esters is 1. The Morgan fingerprint density at radius 2 is 1.75 bits per heavy atom. The molecule has 0 unspecified atom stereocenters. The minimum Gasteiger partial charge on any atom is -0.452 e. The summed E-state index contributed by atoms with van der Waals surface area (Å²) in [6.07, 6.45) is 3.32. The van der Waals surface area contributed by atoms with Crippen molar-refractivity contribution >= 4 is 46.7 Å². The van der Waals surface area contributed by atoms with Crippen LogP contribution in [0.4, 0.5) is 11.4 Å². The van der Waals surface area contributed by atoms with E-state index in [9.17, 15) is 19.2 Å². The molecule has 0 bridgehead atoms. The molecular weight excluding hydrogens is 432 g/mol. The van der Waals surface area contributed by atoms with E-state index in [1.807, 2.05) is 6.92 Å². The second kappa shape index (κ2) is 9.12. The molecule has 0 radical (unpaired) electrons. The van der Waals surface area contributed by atoms with Crippen molar-refractivity contribution in [3.05, 3.63) is 58.6 Å². The van der Waals surface area contributed by atoms with Gasteiger partial charge in [-0.1, -0.05) is 36.6 Å². The van der Waals surface area contributed by atoms with Crippen LogP contribution in [0.3, 0.4) is 0 Å². The van der Waals surface area contributed by atoms with E-state index in [1.54, 1.807) is 30.3 Å². The third kappa shape index (κ3) is 4.39. The number of carbonyl (C=O) groups is 4. The Kier molecular flexibility index (Phi) is 6.28. The van der Waals surface area contributed by atoms with E-state index in [2.05, 4.69) is 5.32 Å². The summed E-state index contributed by atoms with van der Waals surface area (Å²) in [5.74, 6) is -2.19. The van der Waals surface area contributed by atoms with Gasteiger partial charge in [-0.2, -0.15) is 0 Å². The van der Waals surface area contributed by atoms with Crippen molar-refractivity contribution in [3.63, 3.8) is 0 Å². The predicted molar refractivity (Wildman–Crippen MR) is 119 cm³/mol. The van der Waals surface area contributed by atoms with Crippen LogP contribution in [0.25, 0.3) is 0 Å². The average Bonchev–Trinajstić information content (AvgIpc) is 3.05. The van der Waals surface area contributed by atoms with E-state index in [0.29, 0.717) is 16.4 Å². The van der Waals surface area contributed by atoms with E-state index >= 15 is 0 Å². The van der Waals surface area contributed by atoms with Crippen LogP contribution in [0.1, 0.15) is 41.6 Å². The number of nitrogens with zero attached hydrogens (tertiary/aromatic N) is 1. The fraction of sp³-hybridized carbons (Fsp3) is 0.333. The first-order valence-electron chi connectivity index (χ1n) is 10.6. The van der Waals surface area contributed by atoms with Gasteiger partial charge in [-0.15, -0.1) is 0 Å². The minimum atomic E-state index is -0.722. The summed E-state index contributed by atoms with van der Waals surface area (Å²) < 4.78 is 5.11. The maximum absolute atomic E-state index is 12.8. The fourth-order valence-electron chi connectivity index (χ4n) is 4.27. The average molecular weight is 455 g/mol. The number of hydrogen-bond acceptors (Lipinski definition) is 5. The van der Waals surface area contributed by atoms with Crippen LogP contribution < -0.4 is 10.2 Å². The third-order valence-electron chi connectivity index (χ3n) is 5.97. The number of ether oxygens (including phenoxy) is 1. The van der Waals surface area contributed by atoms with Crippen molar-refractivity contribution < 1.29 is 23.9 Å². The number of aryl methyl sites for hydroxylation is 1. The standard InChI is InChI=1S/C24H23ClN2O5/c1-14-9-10-16(12-20(14)25)26-21(28)13-32-24(31)15-5-4-6-17(11-15)27-22(29)18-7-2-3-8-19(18)23(27)30/h4-6,9-12,18-19H,2-3,7-8,13H2,1H3,(H,26,28)/t18-,19-/m0/s1. The van der Waals surface area contributed by atoms with Crippen molar-refractivity contribution in [3.8, 4) is 0 Å². The highest BCUT2D eigenvalue weighted by atomic mass is 35.5. The van der Waals surface area contributed by atoms with Gasteiger partial charge in [0.25, 0.3) is 5.91 Å². The molecule has 2 aromatic carbocycles. The molecule has 4 rings (SSSR count). The molecule has 0 aromatic heterocycles. The van der Waals surface area contributed by atoms with Crippen LogP contribution in [0.5, 0.6) is 0 Å². The Balaban J connectivity index is 1.40. The lowest BCUT2D eigenvalue weighted by molar-refractivity contribution is -0.122. The van der Waals surface area contributed by atoms with E-state index in [0.717, 1.165) is 31.2 Å². The highest BCUT2D eigenvalue weighted by Crippen LogP contribution is 2.40. The van der Waals surface area contributed by atoms with E-state index < -0.39 is 18.5 Å². The summed E-state index contributed by atoms with van der Waals surface area (Å²) in [6.45, 7) is 1.36. The SMILES string of the molecule is Cc1ccc(NC(=O)COC(=O)c2cccc(N3C(=O)[C@H]4CCCC[C@@H]4C3=O)c2)cc1Cl. The Hall–Kier alpha value is -3.19. The summed E-state index contributed by atoms with van der Waals surface area (Å²) in [4.78, 5) is 51.4. The number of amides is 3. The lowest BCUT2D eigenvalue weighted by Crippen LogP contribution is -2.31. The second-order valence-corrected chi connectivity index (χ2v) is 8.56. The molecular formula is C24H23ClN2O5. The van der Waals surface area contributed by atoms with E-state index in [4.69, 9.17) is 16.3 Å². The van der Waals surface area contributed by atoms with E-state index in [1.165, 1.54) is 17.0 Å². The van der Waals surface area contributed by atoms with Gasteiger partial charge in [0.05, 0.1) is 23.1 Å². The highest BCUT2D eigenvalue weighted by Gasteiger charge is 2.48. The molecule has 8 heteroatoms. The quantitative estimate of drug-likeness (QED) is 0.541. The smallest absolute Gasteiger partial charge is 0.338 e. The predicted octanol–water partition coefficient (Wildman–Crippen LogP) is 4.12. The minimum absolute atomic E-state index is 0.157. The van der Waals surface area contributed by atoms with Gasteiger partial charge in [0.2, 0.25) is 11.8 Å². The molecule has 2 aromatic rings. The van der Waals surface area contributed by atoms with Crippen molar-refractivity contribution in [2.24, 2.45) is 11.8 Å². The Labute approximate surface area is 190 Å². The molecule has 2 aliphatic rings. The molecule has 1 saturated heterocycles. The van der Waals surface area contributed by atoms with Gasteiger partial charge in [0, 0.05) is 10.7 Å². The third-order valence-corrected chi connectivity index (χ3v) is 6.38. The summed E-state index contributed by atoms with van der Waals surface area (Å²) in [6, 6.07) is 11.3. The summed E-state index contributed by atoms with van der Waals surface area (Å²) in [5, 5.41) is 3.13. The van der Waals surface area contributed by atoms with Gasteiger partial charge in [-0.05, 0) is 55.7 Å². The maximum Gasteiger partial charge on any atom is 0.338 e. The van der Waals surface area contributed by atoms with Crippen LogP contribution in [-0.4, -0.2) is 30.3 Å². The number of carbonyl (C=O) groups excluding carboxylic acids is 4. The number of rotatable bonds is 5. The number of benzene rings is 2. The Morgan fingerprint density at radius 3 is 2.41 bits per heavy atom. The molecule has 3 amide bonds. The lowest BCUT2D eigenvalue weighted by Gasteiger charge is -2.19. The Bertz CT molecular complexity index is 1080. The van der Waals surface area contributed by atoms with E-state index in [-0.39, 0.29) is 29.2 Å². The van der Waals surface area contributed by atoms with Gasteiger partial charge in [-0.3, -0.25) is 19.3 Å². The molecule has 2 fully saturated rings. The number of halogens is 1. The van der Waals surface area contributed by atoms with Crippen molar-refractivity contribution in [2.75, 3.05) is 16.8 Å². The first-order valence-corrected chi connectivity index (χ1v) is 10.9. The summed E-state index contributed by atoms with van der Waals surface area (Å²) >= 11 is 6.05. The van der Waals surface area contributed by atoms with Crippen molar-refractivity contribution in [2.45, 2.75) is 32.6 Å². The molecule has 0 spiro atoms. The van der Waals surface area contributed by atoms with Crippen molar-refractivity contribution in [1.82, 2.24) is 0 Å². The number of hydrogen-bond donors (Lipinski definition) is 1. The zero-order chi connectivity index (χ0) is 22.8. The molecule has 2 atom stereocenters. The maximum atomic E-state index is 12.8. The first-order chi connectivity index (χ1) is 15.3. The molecule has 166 valence electrons. The number of anilines is 2. The van der Waals surface area contributed by atoms with Crippen LogP contribution in [-0.2, 0) is 19.1 Å². The monoisotopic (exact) mass is 454 g/mol. The lowest BCUT2D eigenvalue weighted by atomic mass is 9.81. The molecule has 1 aliphatic carbocycles. The summed E-state index contributed by atoms with van der Waals surface area (Å²) in [5.41, 5.74) is 1.88. The largest absolute Gasteiger partial charge is 0.452 e. The summed E-state index contributed by atoms with van der Waals surface area (Å²) in [7, 11) is 0. The van der Waals surface area contributed by atoms with Crippen LogP contribution in [0.15, 0.2) is 42.5 Å². The zero-order valence-electron chi connectivity index (χ0n) is 17.6. The van der Waals surface area contributed by atoms with Crippen LogP contribution in [0.2, 0.25) is 5.02 Å². The number of fused-ring (bicyclic) bond motifs is 1. The fourth-order valence-corrected chi connectivity index (χ4v) is 4.45. The van der Waals surface area contributed by atoms with Gasteiger partial charge in [-0.25, -0.2) is 4.79 Å². The normalized spacial score (nSPS) is 20.1. The number of nitrogens with one attached hydrogen (secondary N) is 1. The second-order valence-electron chi connectivity index (χ2n) is 8.15. The zero-order valence-corrected chi connectivity index (χ0v) is 18.4. The molecule has 1 saturated carbocycles. The Morgan fingerprint density at radius 1 is 1.06 bits per heavy atom. The van der Waals surface area contributed by atoms with Gasteiger partial charge in [0.15, 0.2) is 6.61 Å². The topological polar surface area (TPSA) is 92.8 Å². The van der Waals surface area contributed by atoms with Crippen LogP contribution in [0, 0.1) is 18.8 Å². The molecule has 1 N–H and O–H groups in total. The highest BCUT2D eigenvalue weighted by molar-refractivity contribution is 6.31. The molecule has 1 aliphatic heterocycles. The van der Waals surface area contributed by atoms with Crippen LogP contribution >= 0.6 is 11.6 Å². The number of imide groups is 1. The molecule has 7 nitrogen and oxygen atoms in total. The van der Waals surface area contributed by atoms with Gasteiger partial charge >= 0.3 is 5.97 Å².